The Morgan fingerprint density at radius 1 is 1.12 bits per heavy atom. The van der Waals surface area contributed by atoms with Crippen molar-refractivity contribution < 1.29 is 22.5 Å². The van der Waals surface area contributed by atoms with Crippen molar-refractivity contribution in [1.82, 2.24) is 10.1 Å². The van der Waals surface area contributed by atoms with Crippen LogP contribution in [0.15, 0.2) is 75.5 Å². The average molecular weight is 485 g/mol. The summed E-state index contributed by atoms with van der Waals surface area (Å²) in [5.74, 6) is 0.929. The van der Waals surface area contributed by atoms with Crippen LogP contribution in [0, 0.1) is 0 Å². The summed E-state index contributed by atoms with van der Waals surface area (Å²) in [6.07, 6.45) is 0.361. The molecule has 4 rings (SSSR count). The number of nitrogens with one attached hydrogen (secondary N) is 2. The van der Waals surface area contributed by atoms with Crippen LogP contribution in [-0.4, -0.2) is 31.6 Å². The molecular formula is C22H20N4O5S2. The summed E-state index contributed by atoms with van der Waals surface area (Å²) in [6.45, 7) is 0. The molecule has 9 nitrogen and oxygen atoms in total. The maximum absolute atomic E-state index is 12.8. The van der Waals surface area contributed by atoms with Crippen molar-refractivity contribution in [1.29, 1.82) is 0 Å². The molecule has 0 bridgehead atoms. The molecule has 170 valence electrons. The molecule has 0 fully saturated rings. The summed E-state index contributed by atoms with van der Waals surface area (Å²) in [7, 11) is -2.43. The fraction of sp³-hybridized carbons (Fsp3) is 0.136. The van der Waals surface area contributed by atoms with Gasteiger partial charge in [-0.25, -0.2) is 8.42 Å². The van der Waals surface area contributed by atoms with Crippen LogP contribution in [0.3, 0.4) is 0 Å². The van der Waals surface area contributed by atoms with Crippen molar-refractivity contribution in [3.8, 4) is 16.5 Å². The van der Waals surface area contributed by atoms with Gasteiger partial charge >= 0.3 is 0 Å². The number of hydrogen-bond acceptors (Lipinski definition) is 8. The van der Waals surface area contributed by atoms with Gasteiger partial charge in [-0.3, -0.25) is 9.52 Å². The van der Waals surface area contributed by atoms with Crippen LogP contribution in [0.2, 0.25) is 0 Å². The molecule has 0 saturated carbocycles. The quantitative estimate of drug-likeness (QED) is 0.365. The number of hydrogen-bond donors (Lipinski definition) is 2. The Morgan fingerprint density at radius 3 is 2.76 bits per heavy atom. The van der Waals surface area contributed by atoms with E-state index in [1.54, 1.807) is 36.4 Å². The van der Waals surface area contributed by atoms with E-state index in [0.29, 0.717) is 28.8 Å². The first-order chi connectivity index (χ1) is 15.9. The van der Waals surface area contributed by atoms with Crippen molar-refractivity contribution in [3.05, 3.63) is 71.9 Å². The Kier molecular flexibility index (Phi) is 6.71. The highest BCUT2D eigenvalue weighted by Crippen LogP contribution is 2.27. The monoisotopic (exact) mass is 484 g/mol. The van der Waals surface area contributed by atoms with Crippen molar-refractivity contribution in [3.63, 3.8) is 0 Å². The Balaban J connectivity index is 1.39. The van der Waals surface area contributed by atoms with Crippen LogP contribution in [-0.2, 0) is 21.2 Å². The number of benzene rings is 2. The second-order valence-corrected chi connectivity index (χ2v) is 9.50. The highest BCUT2D eigenvalue weighted by molar-refractivity contribution is 7.92. The predicted molar refractivity (Wildman–Crippen MR) is 125 cm³/mol. The first-order valence-electron chi connectivity index (χ1n) is 9.87. The minimum Gasteiger partial charge on any atom is -0.495 e. The van der Waals surface area contributed by atoms with Crippen molar-refractivity contribution in [2.75, 3.05) is 17.1 Å². The molecule has 2 aromatic heterocycles. The lowest BCUT2D eigenvalue weighted by Crippen LogP contribution is -2.15. The minimum atomic E-state index is -3.89. The zero-order valence-corrected chi connectivity index (χ0v) is 19.2. The summed E-state index contributed by atoms with van der Waals surface area (Å²) in [5, 5.41) is 8.53. The number of carbonyl (C=O) groups excluding carboxylic acids is 1. The molecule has 11 heteroatoms. The van der Waals surface area contributed by atoms with Gasteiger partial charge in [-0.2, -0.15) is 4.98 Å². The normalized spacial score (nSPS) is 11.2. The molecule has 0 aliphatic carbocycles. The number of aryl methyl sites for hydroxylation is 1. The largest absolute Gasteiger partial charge is 0.495 e. The Morgan fingerprint density at radius 2 is 1.97 bits per heavy atom. The molecule has 1 amide bonds. The molecule has 0 saturated heterocycles. The topological polar surface area (TPSA) is 123 Å². The molecule has 4 aromatic rings. The summed E-state index contributed by atoms with van der Waals surface area (Å²) < 4.78 is 38.5. The minimum absolute atomic E-state index is 0.00342. The van der Waals surface area contributed by atoms with Crippen LogP contribution in [0.4, 0.5) is 11.4 Å². The lowest BCUT2D eigenvalue weighted by Gasteiger charge is -2.12. The van der Waals surface area contributed by atoms with E-state index in [1.807, 2.05) is 17.5 Å². The van der Waals surface area contributed by atoms with E-state index in [4.69, 9.17) is 9.26 Å². The van der Waals surface area contributed by atoms with Gasteiger partial charge in [0.05, 0.1) is 22.6 Å². The molecule has 0 radical (unpaired) electrons. The van der Waals surface area contributed by atoms with Gasteiger partial charge in [-0.1, -0.05) is 29.4 Å². The number of para-hydroxylation sites is 2. The third-order valence-electron chi connectivity index (χ3n) is 4.55. The average Bonchev–Trinajstić information content (AvgIpc) is 3.50. The van der Waals surface area contributed by atoms with Gasteiger partial charge in [0.15, 0.2) is 0 Å². The number of methoxy groups -OCH3 is 1. The molecule has 0 atom stereocenters. The van der Waals surface area contributed by atoms with Crippen molar-refractivity contribution >= 4 is 38.6 Å². The number of sulfonamides is 1. The van der Waals surface area contributed by atoms with Gasteiger partial charge in [0, 0.05) is 18.5 Å². The van der Waals surface area contributed by atoms with E-state index in [2.05, 4.69) is 20.2 Å². The molecule has 0 unspecified atom stereocenters. The maximum atomic E-state index is 12.8. The summed E-state index contributed by atoms with van der Waals surface area (Å²) in [5.41, 5.74) is 0.670. The first kappa shape index (κ1) is 22.5. The first-order valence-corrected chi connectivity index (χ1v) is 12.2. The van der Waals surface area contributed by atoms with Gasteiger partial charge in [0.1, 0.15) is 5.75 Å². The lowest BCUT2D eigenvalue weighted by atomic mass is 10.2. The van der Waals surface area contributed by atoms with E-state index in [9.17, 15) is 13.2 Å². The van der Waals surface area contributed by atoms with Crippen LogP contribution >= 0.6 is 11.3 Å². The fourth-order valence-corrected chi connectivity index (χ4v) is 4.74. The number of thiophene rings is 1. The van der Waals surface area contributed by atoms with Crippen molar-refractivity contribution in [2.24, 2.45) is 0 Å². The van der Waals surface area contributed by atoms with Gasteiger partial charge in [0.2, 0.25) is 17.6 Å². The van der Waals surface area contributed by atoms with E-state index >= 15 is 0 Å². The summed E-state index contributed by atoms with van der Waals surface area (Å²) in [4.78, 5) is 17.6. The number of amides is 1. The zero-order valence-electron chi connectivity index (χ0n) is 17.5. The second-order valence-electron chi connectivity index (χ2n) is 6.87. The van der Waals surface area contributed by atoms with E-state index in [0.717, 1.165) is 4.88 Å². The fourth-order valence-electron chi connectivity index (χ4n) is 2.98. The van der Waals surface area contributed by atoms with Gasteiger partial charge in [-0.15, -0.1) is 11.3 Å². The third-order valence-corrected chi connectivity index (χ3v) is 6.78. The molecule has 33 heavy (non-hydrogen) atoms. The Labute approximate surface area is 194 Å². The van der Waals surface area contributed by atoms with E-state index in [-0.39, 0.29) is 23.6 Å². The third kappa shape index (κ3) is 5.57. The highest BCUT2D eigenvalue weighted by Gasteiger charge is 2.17. The van der Waals surface area contributed by atoms with E-state index in [1.165, 1.54) is 30.6 Å². The number of ether oxygens (including phenoxy) is 1. The van der Waals surface area contributed by atoms with Gasteiger partial charge in [0.25, 0.3) is 10.0 Å². The summed E-state index contributed by atoms with van der Waals surface area (Å²) >= 11 is 1.50. The maximum Gasteiger partial charge on any atom is 0.262 e. The second kappa shape index (κ2) is 9.84. The smallest absolute Gasteiger partial charge is 0.262 e. The van der Waals surface area contributed by atoms with Crippen LogP contribution in [0.25, 0.3) is 10.7 Å². The summed E-state index contributed by atoms with van der Waals surface area (Å²) in [6, 6.07) is 16.5. The molecule has 2 heterocycles. The number of rotatable bonds is 9. The molecule has 0 spiro atoms. The standard InChI is InChI=1S/C22H20N4O5S2/c1-30-18-9-3-2-8-17(18)26-33(28,29)16-7-4-6-15(14-16)23-20(27)11-12-21-24-22(25-31-21)19-10-5-13-32-19/h2-10,13-14,26H,11-12H2,1H3,(H,23,27). The Hall–Kier alpha value is -3.70. The molecule has 0 aliphatic rings. The van der Waals surface area contributed by atoms with Crippen LogP contribution in [0.1, 0.15) is 12.3 Å². The van der Waals surface area contributed by atoms with Crippen LogP contribution in [0.5, 0.6) is 5.75 Å². The number of carbonyl (C=O) groups is 1. The van der Waals surface area contributed by atoms with Crippen LogP contribution < -0.4 is 14.8 Å². The number of nitrogens with zero attached hydrogens (tertiary/aromatic N) is 2. The van der Waals surface area contributed by atoms with Crippen molar-refractivity contribution in [2.45, 2.75) is 17.7 Å². The SMILES string of the molecule is COc1ccccc1NS(=O)(=O)c1cccc(NC(=O)CCc2nc(-c3cccs3)no2)c1. The Bertz CT molecular complexity index is 1350. The van der Waals surface area contributed by atoms with Gasteiger partial charge < -0.3 is 14.6 Å². The number of aromatic nitrogens is 2. The molecule has 0 aliphatic heterocycles. The van der Waals surface area contributed by atoms with Gasteiger partial charge in [-0.05, 0) is 41.8 Å². The highest BCUT2D eigenvalue weighted by atomic mass is 32.2. The predicted octanol–water partition coefficient (Wildman–Crippen LogP) is 4.18. The molecular weight excluding hydrogens is 464 g/mol. The number of anilines is 2. The molecule has 2 N–H and O–H groups in total. The molecule has 2 aromatic carbocycles. The van der Waals surface area contributed by atoms with E-state index < -0.39 is 10.0 Å². The lowest BCUT2D eigenvalue weighted by molar-refractivity contribution is -0.116. The zero-order chi connectivity index (χ0) is 23.3.